The van der Waals surface area contributed by atoms with Gasteiger partial charge in [0.25, 0.3) is 5.91 Å². The molecule has 0 saturated heterocycles. The molecule has 0 saturated carbocycles. The lowest BCUT2D eigenvalue weighted by Gasteiger charge is -2.10. The van der Waals surface area contributed by atoms with Gasteiger partial charge >= 0.3 is 5.97 Å². The number of methoxy groups -OCH3 is 1. The second-order valence-electron chi connectivity index (χ2n) is 3.43. The summed E-state index contributed by atoms with van der Waals surface area (Å²) in [6.07, 6.45) is 0.906. The van der Waals surface area contributed by atoms with Gasteiger partial charge in [-0.15, -0.1) is 0 Å². The van der Waals surface area contributed by atoms with Crippen molar-refractivity contribution in [2.24, 2.45) is 5.73 Å². The summed E-state index contributed by atoms with van der Waals surface area (Å²) in [6, 6.07) is 2.25. The summed E-state index contributed by atoms with van der Waals surface area (Å²) >= 11 is 5.82. The topological polar surface area (TPSA) is 139 Å². The van der Waals surface area contributed by atoms with Crippen molar-refractivity contribution in [3.8, 4) is 0 Å². The van der Waals surface area contributed by atoms with Crippen LogP contribution in [0.1, 0.15) is 20.7 Å². The predicted octanol–water partition coefficient (Wildman–Crippen LogP) is 0.791. The zero-order valence-corrected chi connectivity index (χ0v) is 11.8. The Hall–Kier alpha value is -1.64. The summed E-state index contributed by atoms with van der Waals surface area (Å²) in [4.78, 5) is 22.3. The molecule has 1 rings (SSSR count). The molecule has 0 heterocycles. The van der Waals surface area contributed by atoms with Gasteiger partial charge in [0.2, 0.25) is 0 Å². The minimum Gasteiger partial charge on any atom is -0.465 e. The Morgan fingerprint density at radius 2 is 1.84 bits per heavy atom. The number of nitrogens with two attached hydrogens (primary N) is 1. The Balaban J connectivity index is 0.00000324. The normalized spacial score (nSPS) is 10.5. The van der Waals surface area contributed by atoms with Gasteiger partial charge < -0.3 is 16.6 Å². The van der Waals surface area contributed by atoms with E-state index in [0.717, 1.165) is 25.5 Å². The molecule has 106 valence electrons. The molecule has 7 nitrogen and oxygen atoms in total. The van der Waals surface area contributed by atoms with Gasteiger partial charge in [0.05, 0.1) is 28.2 Å². The van der Waals surface area contributed by atoms with E-state index in [4.69, 9.17) is 17.3 Å². The second kappa shape index (κ2) is 6.00. The van der Waals surface area contributed by atoms with Gasteiger partial charge in [0, 0.05) is 6.26 Å². The van der Waals surface area contributed by atoms with Crippen LogP contribution < -0.4 is 11.9 Å². The first-order valence-electron chi connectivity index (χ1n) is 4.60. The molecule has 0 aromatic heterocycles. The number of hydrogen-bond acceptors (Lipinski definition) is 6. The fourth-order valence-electron chi connectivity index (χ4n) is 1.36. The van der Waals surface area contributed by atoms with E-state index in [-0.39, 0.29) is 21.6 Å². The Kier molecular flexibility index (Phi) is 5.48. The van der Waals surface area contributed by atoms with Crippen LogP contribution in [-0.4, -0.2) is 33.7 Å². The highest BCUT2D eigenvalue weighted by atomic mass is 35.5. The molecule has 0 aliphatic heterocycles. The van der Waals surface area contributed by atoms with Crippen LogP contribution in [0.25, 0.3) is 0 Å². The van der Waals surface area contributed by atoms with E-state index in [1.54, 1.807) is 0 Å². The summed E-state index contributed by atoms with van der Waals surface area (Å²) in [5.74, 6) is -1.83. The summed E-state index contributed by atoms with van der Waals surface area (Å²) in [7, 11) is -2.56. The van der Waals surface area contributed by atoms with Gasteiger partial charge in [-0.05, 0) is 12.1 Å². The van der Waals surface area contributed by atoms with Crippen molar-refractivity contribution >= 4 is 33.3 Å². The van der Waals surface area contributed by atoms with Crippen molar-refractivity contribution < 1.29 is 22.7 Å². The Labute approximate surface area is 115 Å². The number of amides is 1. The number of esters is 1. The molecule has 0 bridgehead atoms. The maximum Gasteiger partial charge on any atom is 0.339 e. The third kappa shape index (κ3) is 3.43. The number of rotatable bonds is 3. The molecular weight excluding hydrogens is 296 g/mol. The van der Waals surface area contributed by atoms with E-state index in [0.29, 0.717) is 0 Å². The van der Waals surface area contributed by atoms with Crippen LogP contribution in [0.15, 0.2) is 17.0 Å². The molecule has 0 aliphatic carbocycles. The maximum atomic E-state index is 11.5. The average Bonchev–Trinajstić information content (AvgIpc) is 2.25. The highest BCUT2D eigenvalue weighted by Gasteiger charge is 2.25. The summed E-state index contributed by atoms with van der Waals surface area (Å²) in [6.45, 7) is 0. The summed E-state index contributed by atoms with van der Waals surface area (Å²) < 4.78 is 27.4. The third-order valence-electron chi connectivity index (χ3n) is 2.15. The van der Waals surface area contributed by atoms with Gasteiger partial charge in [0.15, 0.2) is 9.84 Å². The van der Waals surface area contributed by atoms with E-state index in [9.17, 15) is 18.0 Å². The maximum absolute atomic E-state index is 11.5. The largest absolute Gasteiger partial charge is 0.465 e. The lowest BCUT2D eigenvalue weighted by Crippen LogP contribution is -2.18. The van der Waals surface area contributed by atoms with Crippen molar-refractivity contribution in [2.45, 2.75) is 4.90 Å². The van der Waals surface area contributed by atoms with Crippen LogP contribution in [0, 0.1) is 0 Å². The summed E-state index contributed by atoms with van der Waals surface area (Å²) in [5.41, 5.74) is 4.54. The number of sulfone groups is 1. The lowest BCUT2D eigenvalue weighted by atomic mass is 10.1. The number of primary amides is 1. The summed E-state index contributed by atoms with van der Waals surface area (Å²) in [5, 5.41) is -0.336. The van der Waals surface area contributed by atoms with Crippen LogP contribution in [0.5, 0.6) is 0 Å². The van der Waals surface area contributed by atoms with Gasteiger partial charge in [-0.3, -0.25) is 4.79 Å². The quantitative estimate of drug-likeness (QED) is 0.791. The number of halogens is 1. The lowest BCUT2D eigenvalue weighted by molar-refractivity contribution is 0.0601. The zero-order valence-electron chi connectivity index (χ0n) is 10.3. The zero-order chi connectivity index (χ0) is 14.1. The van der Waals surface area contributed by atoms with Gasteiger partial charge in [-0.25, -0.2) is 13.2 Å². The molecule has 0 radical (unpaired) electrons. The van der Waals surface area contributed by atoms with Crippen LogP contribution in [0.4, 0.5) is 0 Å². The molecule has 0 fully saturated rings. The second-order valence-corrected chi connectivity index (χ2v) is 5.79. The highest BCUT2D eigenvalue weighted by Crippen LogP contribution is 2.28. The number of ether oxygens (including phenoxy) is 1. The van der Waals surface area contributed by atoms with E-state index in [1.165, 1.54) is 0 Å². The Bertz CT molecular complexity index is 627. The van der Waals surface area contributed by atoms with Crippen molar-refractivity contribution in [1.82, 2.24) is 6.15 Å². The monoisotopic (exact) mass is 308 g/mol. The third-order valence-corrected chi connectivity index (χ3v) is 3.69. The first kappa shape index (κ1) is 17.4. The van der Waals surface area contributed by atoms with E-state index in [1.807, 2.05) is 0 Å². The molecule has 0 aliphatic rings. The highest BCUT2D eigenvalue weighted by molar-refractivity contribution is 7.90. The van der Waals surface area contributed by atoms with E-state index >= 15 is 0 Å². The SMILES string of the molecule is COC(=O)c1ccc(S(C)(=O)=O)c(C(N)=O)c1Cl.N. The molecule has 1 aromatic rings. The van der Waals surface area contributed by atoms with Crippen molar-refractivity contribution in [3.05, 3.63) is 28.3 Å². The first-order valence-corrected chi connectivity index (χ1v) is 6.87. The van der Waals surface area contributed by atoms with E-state index in [2.05, 4.69) is 4.74 Å². The number of benzene rings is 1. The Morgan fingerprint density at radius 1 is 1.32 bits per heavy atom. The molecule has 5 N–H and O–H groups in total. The Morgan fingerprint density at radius 3 is 2.21 bits per heavy atom. The van der Waals surface area contributed by atoms with Crippen molar-refractivity contribution in [2.75, 3.05) is 13.4 Å². The van der Waals surface area contributed by atoms with Crippen LogP contribution in [0.3, 0.4) is 0 Å². The minimum atomic E-state index is -3.69. The average molecular weight is 309 g/mol. The van der Waals surface area contributed by atoms with Gasteiger partial charge in [-0.2, -0.15) is 0 Å². The minimum absolute atomic E-state index is 0. The molecule has 1 amide bonds. The van der Waals surface area contributed by atoms with Gasteiger partial charge in [-0.1, -0.05) is 11.6 Å². The first-order chi connectivity index (χ1) is 8.20. The predicted molar refractivity (Wildman–Crippen MR) is 69.4 cm³/mol. The molecule has 9 heteroatoms. The van der Waals surface area contributed by atoms with E-state index < -0.39 is 27.3 Å². The van der Waals surface area contributed by atoms with Crippen LogP contribution in [-0.2, 0) is 14.6 Å². The molecule has 0 spiro atoms. The number of hydrogen-bond donors (Lipinski definition) is 2. The van der Waals surface area contributed by atoms with Crippen molar-refractivity contribution in [3.63, 3.8) is 0 Å². The molecule has 0 unspecified atom stereocenters. The fourth-order valence-corrected chi connectivity index (χ4v) is 2.64. The molecular formula is C10H13ClN2O5S. The fraction of sp³-hybridized carbons (Fsp3) is 0.200. The molecule has 1 aromatic carbocycles. The molecule has 19 heavy (non-hydrogen) atoms. The van der Waals surface area contributed by atoms with Crippen molar-refractivity contribution in [1.29, 1.82) is 0 Å². The number of carbonyl (C=O) groups excluding carboxylic acids is 2. The van der Waals surface area contributed by atoms with Crippen LogP contribution in [0.2, 0.25) is 5.02 Å². The standard InChI is InChI=1S/C10H10ClNO5S.H3N/c1-17-10(14)5-3-4-6(18(2,15)16)7(8(5)11)9(12)13;/h3-4H,1-2H3,(H2,12,13);1H3. The molecule has 0 atom stereocenters. The number of carbonyl (C=O) groups is 2. The van der Waals surface area contributed by atoms with Crippen LogP contribution >= 0.6 is 11.6 Å². The smallest absolute Gasteiger partial charge is 0.339 e. The van der Waals surface area contributed by atoms with Gasteiger partial charge in [0.1, 0.15) is 0 Å².